The van der Waals surface area contributed by atoms with E-state index in [9.17, 15) is 0 Å². The second-order valence-corrected chi connectivity index (χ2v) is 12.5. The summed E-state index contributed by atoms with van der Waals surface area (Å²) in [6, 6.07) is 13.1. The molecule has 1 atom stereocenters. The molecular weight excluding hydrogens is 448 g/mol. The number of thioether (sulfide) groups is 1. The van der Waals surface area contributed by atoms with Gasteiger partial charge in [-0.15, -0.1) is 28.8 Å². The van der Waals surface area contributed by atoms with Crippen LogP contribution >= 0.6 is 23.1 Å². The highest BCUT2D eigenvalue weighted by Crippen LogP contribution is 2.40. The van der Waals surface area contributed by atoms with E-state index in [1.807, 2.05) is 23.1 Å². The van der Waals surface area contributed by atoms with Gasteiger partial charge in [0, 0.05) is 28.5 Å². The summed E-state index contributed by atoms with van der Waals surface area (Å²) in [7, 11) is 0. The van der Waals surface area contributed by atoms with Crippen molar-refractivity contribution < 1.29 is 0 Å². The third-order valence-corrected chi connectivity index (χ3v) is 8.52. The summed E-state index contributed by atoms with van der Waals surface area (Å²) in [5, 5.41) is 0. The molecule has 1 aromatic heterocycles. The van der Waals surface area contributed by atoms with E-state index in [1.54, 1.807) is 5.57 Å². The molecule has 0 nitrogen and oxygen atoms in total. The maximum Gasteiger partial charge on any atom is 0.0604 e. The fourth-order valence-electron chi connectivity index (χ4n) is 4.21. The first kappa shape index (κ1) is 28.2. The van der Waals surface area contributed by atoms with Crippen molar-refractivity contribution in [2.75, 3.05) is 5.75 Å². The first-order valence-electron chi connectivity index (χ1n) is 12.3. The summed E-state index contributed by atoms with van der Waals surface area (Å²) in [4.78, 5) is 1.36. The normalized spacial score (nSPS) is 15.1. The highest BCUT2D eigenvalue weighted by molar-refractivity contribution is 8.01. The van der Waals surface area contributed by atoms with Crippen LogP contribution in [-0.4, -0.2) is 5.75 Å². The quantitative estimate of drug-likeness (QED) is 0.201. The van der Waals surface area contributed by atoms with Crippen LogP contribution in [0.1, 0.15) is 83.2 Å². The predicted molar refractivity (Wildman–Crippen MR) is 157 cm³/mol. The van der Waals surface area contributed by atoms with Gasteiger partial charge in [-0.05, 0) is 54.5 Å². The largest absolute Gasteiger partial charge is 0.134 e. The van der Waals surface area contributed by atoms with Crippen molar-refractivity contribution in [1.82, 2.24) is 0 Å². The van der Waals surface area contributed by atoms with Gasteiger partial charge in [0.1, 0.15) is 0 Å². The van der Waals surface area contributed by atoms with Gasteiger partial charge in [0.05, 0.1) is 4.21 Å². The van der Waals surface area contributed by atoms with Crippen molar-refractivity contribution in [3.05, 3.63) is 100 Å². The third-order valence-electron chi connectivity index (χ3n) is 5.98. The monoisotopic (exact) mass is 490 g/mol. The fourth-order valence-corrected chi connectivity index (χ4v) is 6.24. The van der Waals surface area contributed by atoms with Gasteiger partial charge >= 0.3 is 0 Å². The Balaban J connectivity index is 0.000000347. The summed E-state index contributed by atoms with van der Waals surface area (Å²) in [6.45, 7) is 23.4. The van der Waals surface area contributed by atoms with E-state index < -0.39 is 0 Å². The van der Waals surface area contributed by atoms with Crippen LogP contribution in [0.3, 0.4) is 0 Å². The Morgan fingerprint density at radius 1 is 1.18 bits per heavy atom. The van der Waals surface area contributed by atoms with Gasteiger partial charge in [-0.25, -0.2) is 0 Å². The van der Waals surface area contributed by atoms with Crippen molar-refractivity contribution in [1.29, 1.82) is 0 Å². The van der Waals surface area contributed by atoms with E-state index in [0.717, 1.165) is 12.2 Å². The number of allylic oxidation sites excluding steroid dienone is 5. The molecule has 0 bridgehead atoms. The SMILES string of the molecule is C/C=C(\CCC)C(C)(C)C.C=C=C(Cc1ccc(SCC(=C)C)s1)C1=CC(C)c2ccccc21. The molecule has 1 heterocycles. The molecule has 1 aliphatic carbocycles. The minimum absolute atomic E-state index is 0.380. The lowest BCUT2D eigenvalue weighted by molar-refractivity contribution is 0.479. The summed E-state index contributed by atoms with van der Waals surface area (Å²) in [5.41, 5.74) is 11.6. The molecule has 0 amide bonds. The first-order chi connectivity index (χ1) is 16.1. The number of hydrogen-bond acceptors (Lipinski definition) is 2. The van der Waals surface area contributed by atoms with Crippen molar-refractivity contribution in [2.45, 2.75) is 77.9 Å². The molecule has 1 aromatic carbocycles. The number of benzene rings is 1. The van der Waals surface area contributed by atoms with Crippen LogP contribution in [0.25, 0.3) is 5.57 Å². The Morgan fingerprint density at radius 3 is 2.44 bits per heavy atom. The molecule has 0 N–H and O–H groups in total. The Morgan fingerprint density at radius 2 is 1.88 bits per heavy atom. The van der Waals surface area contributed by atoms with Crippen LogP contribution in [0.15, 0.2) is 88.4 Å². The standard InChI is InChI=1S/C22H22S2.C10H20/c1-5-17(13-18-10-11-22(24-18)23-14-15(2)3)21-12-16(4)19-8-6-7-9-20(19)21;1-6-8-9(7-2)10(3,4)5/h6-12,16H,1-2,13-14H2,3-4H3;7H,6,8H2,1-5H3/b;9-7+. The molecule has 0 aliphatic heterocycles. The number of thiophene rings is 1. The Hall–Kier alpha value is -1.99. The number of rotatable bonds is 8. The minimum atomic E-state index is 0.380. The number of hydrogen-bond donors (Lipinski definition) is 0. The van der Waals surface area contributed by atoms with E-state index in [-0.39, 0.29) is 0 Å². The van der Waals surface area contributed by atoms with Gasteiger partial charge in [0.2, 0.25) is 0 Å². The second kappa shape index (κ2) is 13.2. The van der Waals surface area contributed by atoms with E-state index in [2.05, 4.69) is 116 Å². The second-order valence-electron chi connectivity index (χ2n) is 10.1. The van der Waals surface area contributed by atoms with Gasteiger partial charge in [0.15, 0.2) is 0 Å². The average Bonchev–Trinajstić information content (AvgIpc) is 3.38. The van der Waals surface area contributed by atoms with Crippen molar-refractivity contribution >= 4 is 28.7 Å². The lowest BCUT2D eigenvalue weighted by Crippen LogP contribution is -2.08. The maximum absolute atomic E-state index is 3.97. The molecule has 0 saturated carbocycles. The molecule has 0 saturated heterocycles. The van der Waals surface area contributed by atoms with Gasteiger partial charge in [0.25, 0.3) is 0 Å². The van der Waals surface area contributed by atoms with E-state index in [4.69, 9.17) is 0 Å². The Labute approximate surface area is 217 Å². The molecule has 182 valence electrons. The minimum Gasteiger partial charge on any atom is -0.134 e. The predicted octanol–water partition coefficient (Wildman–Crippen LogP) is 10.6. The highest BCUT2D eigenvalue weighted by atomic mass is 32.2. The van der Waals surface area contributed by atoms with Crippen LogP contribution in [-0.2, 0) is 6.42 Å². The molecule has 2 heteroatoms. The van der Waals surface area contributed by atoms with Crippen molar-refractivity contribution in [3.8, 4) is 0 Å². The smallest absolute Gasteiger partial charge is 0.0604 e. The molecule has 3 rings (SSSR count). The zero-order valence-electron chi connectivity index (χ0n) is 22.3. The summed E-state index contributed by atoms with van der Waals surface area (Å²) >= 11 is 3.73. The zero-order chi connectivity index (χ0) is 25.3. The molecule has 0 spiro atoms. The molecule has 0 radical (unpaired) electrons. The average molecular weight is 491 g/mol. The van der Waals surface area contributed by atoms with Crippen molar-refractivity contribution in [2.24, 2.45) is 5.41 Å². The van der Waals surface area contributed by atoms with E-state index >= 15 is 0 Å². The topological polar surface area (TPSA) is 0 Å². The van der Waals surface area contributed by atoms with Crippen LogP contribution in [0, 0.1) is 5.41 Å². The zero-order valence-corrected chi connectivity index (χ0v) is 23.9. The van der Waals surface area contributed by atoms with Gasteiger partial charge in [-0.1, -0.05) is 102 Å². The Kier molecular flexibility index (Phi) is 11.0. The molecular formula is C32H42S2. The van der Waals surface area contributed by atoms with E-state index in [1.165, 1.54) is 49.8 Å². The molecule has 1 unspecified atom stereocenters. The summed E-state index contributed by atoms with van der Waals surface area (Å²) in [5.74, 6) is 1.45. The maximum atomic E-state index is 3.97. The van der Waals surface area contributed by atoms with Crippen LogP contribution < -0.4 is 0 Å². The highest BCUT2D eigenvalue weighted by Gasteiger charge is 2.22. The van der Waals surface area contributed by atoms with Gasteiger partial charge in [-0.3, -0.25) is 0 Å². The lowest BCUT2D eigenvalue weighted by Gasteiger charge is -2.22. The van der Waals surface area contributed by atoms with E-state index in [0.29, 0.717) is 11.3 Å². The first-order valence-corrected chi connectivity index (χ1v) is 14.1. The van der Waals surface area contributed by atoms with Crippen LogP contribution in [0.2, 0.25) is 0 Å². The molecule has 2 aromatic rings. The lowest BCUT2D eigenvalue weighted by atomic mass is 9.84. The van der Waals surface area contributed by atoms with Gasteiger partial charge < -0.3 is 0 Å². The van der Waals surface area contributed by atoms with Crippen LogP contribution in [0.4, 0.5) is 0 Å². The van der Waals surface area contributed by atoms with Gasteiger partial charge in [-0.2, -0.15) is 0 Å². The van der Waals surface area contributed by atoms with Crippen LogP contribution in [0.5, 0.6) is 0 Å². The number of fused-ring (bicyclic) bond motifs is 1. The molecule has 1 aliphatic rings. The molecule has 34 heavy (non-hydrogen) atoms. The molecule has 0 fully saturated rings. The fraction of sp³-hybridized carbons (Fsp3) is 0.406. The Bertz CT molecular complexity index is 1080. The third kappa shape index (κ3) is 8.05. The summed E-state index contributed by atoms with van der Waals surface area (Å²) < 4.78 is 1.35. The van der Waals surface area contributed by atoms with Crippen molar-refractivity contribution in [3.63, 3.8) is 0 Å². The summed E-state index contributed by atoms with van der Waals surface area (Å²) in [6.07, 6.45) is 8.01.